The molecular weight excluding hydrogens is 278 g/mol. The summed E-state index contributed by atoms with van der Waals surface area (Å²) < 4.78 is 0. The molecule has 3 aromatic carbocycles. The van der Waals surface area contributed by atoms with E-state index in [0.29, 0.717) is 0 Å². The first kappa shape index (κ1) is 12.7. The van der Waals surface area contributed by atoms with E-state index in [1.165, 1.54) is 17.7 Å². The molecule has 0 spiro atoms. The highest BCUT2D eigenvalue weighted by Gasteiger charge is 2.14. The molecule has 0 saturated heterocycles. The van der Waals surface area contributed by atoms with Gasteiger partial charge in [0.05, 0.1) is 5.52 Å². The van der Waals surface area contributed by atoms with Gasteiger partial charge in [-0.25, -0.2) is 4.79 Å². The molecule has 1 aromatic heterocycles. The summed E-state index contributed by atoms with van der Waals surface area (Å²) in [7, 11) is 0. The third kappa shape index (κ3) is 1.67. The average Bonchev–Trinajstić information content (AvgIpc) is 2.84. The number of carbonyl (C=O) groups is 1. The van der Waals surface area contributed by atoms with Gasteiger partial charge >= 0.3 is 5.97 Å². The third-order valence-electron chi connectivity index (χ3n) is 4.09. The zero-order valence-electron chi connectivity index (χ0n) is 11.8. The average molecular weight is 291 g/mol. The van der Waals surface area contributed by atoms with Crippen molar-refractivity contribution in [1.82, 2.24) is 4.98 Å². The minimum Gasteiger partial charge on any atom is -0.507 e. The fraction of sp³-hybridized carbons (Fsp3) is 0.0556. The van der Waals surface area contributed by atoms with Crippen molar-refractivity contribution in [2.24, 2.45) is 0 Å². The number of nitrogens with one attached hydrogen (secondary N) is 1. The number of phenols is 1. The maximum absolute atomic E-state index is 11.1. The summed E-state index contributed by atoms with van der Waals surface area (Å²) in [5, 5.41) is 22.9. The fourth-order valence-corrected chi connectivity index (χ4v) is 3.02. The van der Waals surface area contributed by atoms with Crippen LogP contribution in [0.4, 0.5) is 0 Å². The summed E-state index contributed by atoms with van der Waals surface area (Å²) in [5.41, 5.74) is 3.02. The number of aromatic hydroxyl groups is 1. The van der Waals surface area contributed by atoms with E-state index in [-0.39, 0.29) is 11.3 Å². The van der Waals surface area contributed by atoms with Crippen LogP contribution in [0.5, 0.6) is 5.75 Å². The molecule has 0 atom stereocenters. The van der Waals surface area contributed by atoms with Crippen molar-refractivity contribution >= 4 is 38.5 Å². The van der Waals surface area contributed by atoms with Crippen molar-refractivity contribution in [3.05, 3.63) is 53.6 Å². The van der Waals surface area contributed by atoms with Crippen LogP contribution in [0, 0.1) is 6.92 Å². The molecule has 3 N–H and O–H groups in total. The van der Waals surface area contributed by atoms with E-state index in [9.17, 15) is 9.90 Å². The minimum absolute atomic E-state index is 0.0844. The van der Waals surface area contributed by atoms with E-state index in [1.54, 1.807) is 0 Å². The summed E-state index contributed by atoms with van der Waals surface area (Å²) in [4.78, 5) is 14.5. The van der Waals surface area contributed by atoms with Gasteiger partial charge in [0.15, 0.2) is 0 Å². The molecule has 0 saturated carbocycles. The Balaban J connectivity index is 2.17. The minimum atomic E-state index is -1.13. The molecule has 4 nitrogen and oxygen atoms in total. The molecule has 0 fully saturated rings. The van der Waals surface area contributed by atoms with Crippen LogP contribution < -0.4 is 0 Å². The predicted molar refractivity (Wildman–Crippen MR) is 86.7 cm³/mol. The Bertz CT molecular complexity index is 1080. The second kappa shape index (κ2) is 4.24. The maximum Gasteiger partial charge on any atom is 0.339 e. The second-order valence-corrected chi connectivity index (χ2v) is 5.56. The van der Waals surface area contributed by atoms with Gasteiger partial charge in [0.25, 0.3) is 0 Å². The normalized spacial score (nSPS) is 11.5. The van der Waals surface area contributed by atoms with Gasteiger partial charge in [-0.2, -0.15) is 0 Å². The van der Waals surface area contributed by atoms with Crippen LogP contribution in [-0.4, -0.2) is 21.2 Å². The molecule has 0 unspecified atom stereocenters. The van der Waals surface area contributed by atoms with Gasteiger partial charge in [0, 0.05) is 21.7 Å². The summed E-state index contributed by atoms with van der Waals surface area (Å²) in [5.74, 6) is -1.35. The highest BCUT2D eigenvalue weighted by Crippen LogP contribution is 2.34. The Morgan fingerprint density at radius 1 is 1.00 bits per heavy atom. The molecule has 0 bridgehead atoms. The molecule has 0 aliphatic heterocycles. The number of fused-ring (bicyclic) bond motifs is 5. The molecule has 0 aliphatic rings. The van der Waals surface area contributed by atoms with Gasteiger partial charge in [-0.1, -0.05) is 23.8 Å². The highest BCUT2D eigenvalue weighted by atomic mass is 16.4. The molecule has 4 aromatic rings. The molecule has 108 valence electrons. The molecular formula is C18H13NO3. The van der Waals surface area contributed by atoms with Gasteiger partial charge < -0.3 is 15.2 Å². The monoisotopic (exact) mass is 291 g/mol. The van der Waals surface area contributed by atoms with Crippen LogP contribution in [0.3, 0.4) is 0 Å². The number of carboxylic acids is 1. The van der Waals surface area contributed by atoms with Crippen molar-refractivity contribution in [1.29, 1.82) is 0 Å². The SMILES string of the molecule is Cc1ccc2[nH]c3c4cc(O)c(C(=O)O)cc4ccc3c2c1. The van der Waals surface area contributed by atoms with Crippen LogP contribution in [0.1, 0.15) is 15.9 Å². The van der Waals surface area contributed by atoms with Crippen molar-refractivity contribution < 1.29 is 15.0 Å². The van der Waals surface area contributed by atoms with E-state index in [2.05, 4.69) is 11.1 Å². The van der Waals surface area contributed by atoms with Crippen LogP contribution in [0.15, 0.2) is 42.5 Å². The van der Waals surface area contributed by atoms with Gasteiger partial charge in [0.1, 0.15) is 11.3 Å². The quantitative estimate of drug-likeness (QED) is 0.492. The Morgan fingerprint density at radius 3 is 2.59 bits per heavy atom. The number of H-pyrrole nitrogens is 1. The van der Waals surface area contributed by atoms with Crippen LogP contribution in [0.2, 0.25) is 0 Å². The van der Waals surface area contributed by atoms with Crippen molar-refractivity contribution in [3.63, 3.8) is 0 Å². The number of benzene rings is 3. The van der Waals surface area contributed by atoms with Crippen LogP contribution >= 0.6 is 0 Å². The number of aromatic nitrogens is 1. The van der Waals surface area contributed by atoms with Crippen molar-refractivity contribution in [3.8, 4) is 5.75 Å². The standard InChI is InChI=1S/C18H13NO3/c1-9-2-5-15-13(6-9)11-4-3-10-7-14(18(21)22)16(20)8-12(10)17(11)19-15/h2-8,19-20H,1H3,(H,21,22). The fourth-order valence-electron chi connectivity index (χ4n) is 3.02. The number of aromatic amines is 1. The Kier molecular flexibility index (Phi) is 2.45. The first-order chi connectivity index (χ1) is 10.5. The largest absolute Gasteiger partial charge is 0.507 e. The molecule has 0 aliphatic carbocycles. The predicted octanol–water partition coefficient (Wildman–Crippen LogP) is 4.19. The van der Waals surface area contributed by atoms with E-state index in [0.717, 1.165) is 32.6 Å². The van der Waals surface area contributed by atoms with Gasteiger partial charge in [-0.3, -0.25) is 0 Å². The zero-order valence-corrected chi connectivity index (χ0v) is 11.8. The van der Waals surface area contributed by atoms with Crippen LogP contribution in [0.25, 0.3) is 32.6 Å². The first-order valence-electron chi connectivity index (χ1n) is 6.95. The number of aromatic carboxylic acids is 1. The maximum atomic E-state index is 11.1. The topological polar surface area (TPSA) is 73.3 Å². The zero-order chi connectivity index (χ0) is 15.4. The summed E-state index contributed by atoms with van der Waals surface area (Å²) in [6.45, 7) is 2.05. The first-order valence-corrected chi connectivity index (χ1v) is 6.95. The van der Waals surface area contributed by atoms with Gasteiger partial charge in [0.2, 0.25) is 0 Å². The second-order valence-electron chi connectivity index (χ2n) is 5.56. The van der Waals surface area contributed by atoms with E-state index in [4.69, 9.17) is 5.11 Å². The lowest BCUT2D eigenvalue weighted by molar-refractivity contribution is 0.0694. The Labute approximate surface area is 125 Å². The van der Waals surface area contributed by atoms with E-state index >= 15 is 0 Å². The van der Waals surface area contributed by atoms with E-state index in [1.807, 2.05) is 31.2 Å². The lowest BCUT2D eigenvalue weighted by Crippen LogP contribution is -1.96. The number of hydrogen-bond donors (Lipinski definition) is 3. The Morgan fingerprint density at radius 2 is 1.82 bits per heavy atom. The number of aryl methyl sites for hydroxylation is 1. The number of hydrogen-bond acceptors (Lipinski definition) is 2. The van der Waals surface area contributed by atoms with Gasteiger partial charge in [-0.15, -0.1) is 0 Å². The van der Waals surface area contributed by atoms with Crippen molar-refractivity contribution in [2.75, 3.05) is 0 Å². The van der Waals surface area contributed by atoms with Gasteiger partial charge in [-0.05, 0) is 36.6 Å². The molecule has 4 heteroatoms. The lowest BCUT2D eigenvalue weighted by Gasteiger charge is -2.04. The summed E-state index contributed by atoms with van der Waals surface area (Å²) in [6, 6.07) is 13.1. The molecule has 4 rings (SSSR count). The lowest BCUT2D eigenvalue weighted by atomic mass is 10.0. The van der Waals surface area contributed by atoms with E-state index < -0.39 is 5.97 Å². The smallest absolute Gasteiger partial charge is 0.339 e. The Hall–Kier alpha value is -3.01. The molecule has 0 radical (unpaired) electrons. The van der Waals surface area contributed by atoms with Crippen LogP contribution in [-0.2, 0) is 0 Å². The number of rotatable bonds is 1. The summed E-state index contributed by atoms with van der Waals surface area (Å²) in [6.07, 6.45) is 0. The molecule has 0 amide bonds. The highest BCUT2D eigenvalue weighted by molar-refractivity contribution is 6.18. The summed E-state index contributed by atoms with van der Waals surface area (Å²) >= 11 is 0. The molecule has 1 heterocycles. The molecule has 22 heavy (non-hydrogen) atoms. The number of carboxylic acid groups (broad SMARTS) is 1. The van der Waals surface area contributed by atoms with Crippen molar-refractivity contribution in [2.45, 2.75) is 6.92 Å². The third-order valence-corrected chi connectivity index (χ3v) is 4.09.